The average Bonchev–Trinajstić information content (AvgIpc) is 2.96. The second-order valence-electron chi connectivity index (χ2n) is 5.75. The molecular formula is C15H25N3O2. The highest BCUT2D eigenvalue weighted by Gasteiger charge is 2.20. The largest absolute Gasteiger partial charge is 0.467 e. The van der Waals surface area contributed by atoms with Crippen molar-refractivity contribution in [3.8, 4) is 0 Å². The molecule has 1 saturated heterocycles. The number of piperazine rings is 1. The van der Waals surface area contributed by atoms with E-state index in [4.69, 9.17) is 4.42 Å². The summed E-state index contributed by atoms with van der Waals surface area (Å²) in [5.41, 5.74) is 0. The van der Waals surface area contributed by atoms with Crippen molar-refractivity contribution in [3.05, 3.63) is 24.2 Å². The Bertz CT molecular complexity index is 395. The molecule has 0 atom stereocenters. The van der Waals surface area contributed by atoms with Crippen molar-refractivity contribution in [2.45, 2.75) is 26.8 Å². The van der Waals surface area contributed by atoms with Crippen molar-refractivity contribution in [2.24, 2.45) is 5.92 Å². The zero-order chi connectivity index (χ0) is 14.4. The first kappa shape index (κ1) is 14.9. The van der Waals surface area contributed by atoms with Crippen LogP contribution in [0.5, 0.6) is 0 Å². The SMILES string of the molecule is CC(C)CCN1CCN(C(=O)NCc2ccco2)CC1. The number of carbonyl (C=O) groups excluding carboxylic acids is 1. The van der Waals surface area contributed by atoms with Crippen LogP contribution in [0.1, 0.15) is 26.0 Å². The van der Waals surface area contributed by atoms with E-state index in [-0.39, 0.29) is 6.03 Å². The lowest BCUT2D eigenvalue weighted by Gasteiger charge is -2.34. The molecule has 0 radical (unpaired) electrons. The second-order valence-corrected chi connectivity index (χ2v) is 5.75. The standard InChI is InChI=1S/C15H25N3O2/c1-13(2)5-6-17-7-9-18(10-8-17)15(19)16-12-14-4-3-11-20-14/h3-4,11,13H,5-10,12H2,1-2H3,(H,16,19). The predicted octanol–water partition coefficient (Wildman–Crippen LogP) is 2.15. The number of urea groups is 1. The molecule has 112 valence electrons. The highest BCUT2D eigenvalue weighted by molar-refractivity contribution is 5.74. The Hall–Kier alpha value is -1.49. The lowest BCUT2D eigenvalue weighted by atomic mass is 10.1. The molecule has 1 N–H and O–H groups in total. The number of amides is 2. The van der Waals surface area contributed by atoms with E-state index in [1.165, 1.54) is 6.42 Å². The van der Waals surface area contributed by atoms with Gasteiger partial charge in [-0.2, -0.15) is 0 Å². The number of rotatable bonds is 5. The Labute approximate surface area is 120 Å². The summed E-state index contributed by atoms with van der Waals surface area (Å²) in [7, 11) is 0. The van der Waals surface area contributed by atoms with Crippen LogP contribution in [-0.4, -0.2) is 48.6 Å². The van der Waals surface area contributed by atoms with Gasteiger partial charge in [-0.05, 0) is 31.0 Å². The van der Waals surface area contributed by atoms with Crippen LogP contribution < -0.4 is 5.32 Å². The molecule has 2 heterocycles. The molecule has 2 rings (SSSR count). The fourth-order valence-corrected chi connectivity index (χ4v) is 2.30. The van der Waals surface area contributed by atoms with Crippen molar-refractivity contribution in [1.82, 2.24) is 15.1 Å². The van der Waals surface area contributed by atoms with Gasteiger partial charge < -0.3 is 14.6 Å². The second kappa shape index (κ2) is 7.33. The summed E-state index contributed by atoms with van der Waals surface area (Å²) in [6.45, 7) is 9.65. The van der Waals surface area contributed by atoms with E-state index in [1.807, 2.05) is 17.0 Å². The minimum Gasteiger partial charge on any atom is -0.467 e. The summed E-state index contributed by atoms with van der Waals surface area (Å²) in [6, 6.07) is 3.70. The van der Waals surface area contributed by atoms with Gasteiger partial charge in [0.15, 0.2) is 0 Å². The van der Waals surface area contributed by atoms with Gasteiger partial charge in [0.1, 0.15) is 5.76 Å². The molecule has 1 fully saturated rings. The summed E-state index contributed by atoms with van der Waals surface area (Å²) >= 11 is 0. The van der Waals surface area contributed by atoms with Gasteiger partial charge in [-0.15, -0.1) is 0 Å². The predicted molar refractivity (Wildman–Crippen MR) is 78.4 cm³/mol. The summed E-state index contributed by atoms with van der Waals surface area (Å²) in [5, 5.41) is 2.89. The number of hydrogen-bond donors (Lipinski definition) is 1. The van der Waals surface area contributed by atoms with Crippen LogP contribution >= 0.6 is 0 Å². The third kappa shape index (κ3) is 4.56. The highest BCUT2D eigenvalue weighted by atomic mass is 16.3. The lowest BCUT2D eigenvalue weighted by molar-refractivity contribution is 0.135. The molecule has 0 bridgehead atoms. The molecule has 0 aliphatic carbocycles. The molecule has 0 aromatic carbocycles. The Balaban J connectivity index is 1.66. The zero-order valence-corrected chi connectivity index (χ0v) is 12.5. The van der Waals surface area contributed by atoms with E-state index in [0.717, 1.165) is 44.4 Å². The van der Waals surface area contributed by atoms with E-state index in [2.05, 4.69) is 24.1 Å². The molecule has 5 nitrogen and oxygen atoms in total. The fraction of sp³-hybridized carbons (Fsp3) is 0.667. The number of hydrogen-bond acceptors (Lipinski definition) is 3. The van der Waals surface area contributed by atoms with Gasteiger partial charge in [-0.1, -0.05) is 13.8 Å². The van der Waals surface area contributed by atoms with Crippen LogP contribution in [0, 0.1) is 5.92 Å². The van der Waals surface area contributed by atoms with Gasteiger partial charge >= 0.3 is 6.03 Å². The molecule has 5 heteroatoms. The first-order chi connectivity index (χ1) is 9.65. The minimum atomic E-state index is 0.00455. The van der Waals surface area contributed by atoms with Crippen LogP contribution in [0.4, 0.5) is 4.79 Å². The van der Waals surface area contributed by atoms with Crippen molar-refractivity contribution in [3.63, 3.8) is 0 Å². The molecule has 0 saturated carbocycles. The van der Waals surface area contributed by atoms with Gasteiger partial charge in [0, 0.05) is 26.2 Å². The van der Waals surface area contributed by atoms with Gasteiger partial charge in [0.2, 0.25) is 0 Å². The maximum absolute atomic E-state index is 12.0. The van der Waals surface area contributed by atoms with E-state index in [1.54, 1.807) is 6.26 Å². The van der Waals surface area contributed by atoms with Crippen LogP contribution in [-0.2, 0) is 6.54 Å². The van der Waals surface area contributed by atoms with Crippen LogP contribution in [0.3, 0.4) is 0 Å². The van der Waals surface area contributed by atoms with Crippen molar-refractivity contribution >= 4 is 6.03 Å². The van der Waals surface area contributed by atoms with Crippen molar-refractivity contribution in [2.75, 3.05) is 32.7 Å². The van der Waals surface area contributed by atoms with Crippen LogP contribution in [0.25, 0.3) is 0 Å². The molecule has 1 aliphatic heterocycles. The first-order valence-corrected chi connectivity index (χ1v) is 7.42. The van der Waals surface area contributed by atoms with E-state index in [9.17, 15) is 4.79 Å². The van der Waals surface area contributed by atoms with Gasteiger partial charge in [0.05, 0.1) is 12.8 Å². The van der Waals surface area contributed by atoms with Crippen molar-refractivity contribution < 1.29 is 9.21 Å². The average molecular weight is 279 g/mol. The van der Waals surface area contributed by atoms with Crippen LogP contribution in [0.15, 0.2) is 22.8 Å². The van der Waals surface area contributed by atoms with Gasteiger partial charge in [-0.3, -0.25) is 4.90 Å². The number of nitrogens with one attached hydrogen (secondary N) is 1. The van der Waals surface area contributed by atoms with Gasteiger partial charge in [-0.25, -0.2) is 4.79 Å². The minimum absolute atomic E-state index is 0.00455. The molecule has 20 heavy (non-hydrogen) atoms. The summed E-state index contributed by atoms with van der Waals surface area (Å²) in [4.78, 5) is 16.3. The third-order valence-electron chi connectivity index (χ3n) is 3.68. The Morgan fingerprint density at radius 3 is 2.70 bits per heavy atom. The maximum Gasteiger partial charge on any atom is 0.317 e. The maximum atomic E-state index is 12.0. The first-order valence-electron chi connectivity index (χ1n) is 7.42. The number of carbonyl (C=O) groups is 1. The fourth-order valence-electron chi connectivity index (χ4n) is 2.30. The van der Waals surface area contributed by atoms with E-state index >= 15 is 0 Å². The molecular weight excluding hydrogens is 254 g/mol. The lowest BCUT2D eigenvalue weighted by Crippen LogP contribution is -2.51. The quantitative estimate of drug-likeness (QED) is 0.898. The number of furan rings is 1. The van der Waals surface area contributed by atoms with Crippen LogP contribution in [0.2, 0.25) is 0 Å². The summed E-state index contributed by atoms with van der Waals surface area (Å²) in [6.07, 6.45) is 2.85. The number of nitrogens with zero attached hydrogens (tertiary/aromatic N) is 2. The Morgan fingerprint density at radius 2 is 2.10 bits per heavy atom. The summed E-state index contributed by atoms with van der Waals surface area (Å²) in [5.74, 6) is 1.53. The van der Waals surface area contributed by atoms with E-state index < -0.39 is 0 Å². The molecule has 1 aromatic rings. The molecule has 0 spiro atoms. The van der Waals surface area contributed by atoms with Gasteiger partial charge in [0.25, 0.3) is 0 Å². The highest BCUT2D eigenvalue weighted by Crippen LogP contribution is 2.07. The third-order valence-corrected chi connectivity index (χ3v) is 3.68. The topological polar surface area (TPSA) is 48.7 Å². The molecule has 0 unspecified atom stereocenters. The molecule has 2 amide bonds. The molecule has 1 aromatic heterocycles. The monoisotopic (exact) mass is 279 g/mol. The van der Waals surface area contributed by atoms with E-state index in [0.29, 0.717) is 6.54 Å². The summed E-state index contributed by atoms with van der Waals surface area (Å²) < 4.78 is 5.20. The smallest absolute Gasteiger partial charge is 0.317 e. The normalized spacial score (nSPS) is 16.6. The molecule has 1 aliphatic rings. The van der Waals surface area contributed by atoms with Crippen molar-refractivity contribution in [1.29, 1.82) is 0 Å². The Morgan fingerprint density at radius 1 is 1.35 bits per heavy atom. The zero-order valence-electron chi connectivity index (χ0n) is 12.5. The Kier molecular flexibility index (Phi) is 5.47.